The van der Waals surface area contributed by atoms with Crippen LogP contribution in [-0.4, -0.2) is 51.2 Å². The number of fused-ring (bicyclic) bond motifs is 1. The highest BCUT2D eigenvalue weighted by molar-refractivity contribution is 7.92. The number of sulfonamides is 1. The smallest absolute Gasteiger partial charge is 0.263 e. The van der Waals surface area contributed by atoms with Crippen LogP contribution in [0.1, 0.15) is 30.1 Å². The lowest BCUT2D eigenvalue weighted by Gasteiger charge is -2.15. The first-order valence-electron chi connectivity index (χ1n) is 12.7. The highest BCUT2D eigenvalue weighted by atomic mass is 35.5. The van der Waals surface area contributed by atoms with Crippen molar-refractivity contribution in [2.75, 3.05) is 36.9 Å². The quantitative estimate of drug-likeness (QED) is 0.179. The predicted molar refractivity (Wildman–Crippen MR) is 156 cm³/mol. The van der Waals surface area contributed by atoms with Crippen molar-refractivity contribution in [3.8, 4) is 5.75 Å². The summed E-state index contributed by atoms with van der Waals surface area (Å²) in [4.78, 5) is 21.6. The van der Waals surface area contributed by atoms with Crippen molar-refractivity contribution >= 4 is 55.9 Å². The summed E-state index contributed by atoms with van der Waals surface area (Å²) in [7, 11) is -2.63. The number of rotatable bonds is 13. The molecule has 4 rings (SSSR count). The number of carbonyl (C=O) groups is 1. The Labute approximate surface area is 238 Å². The molecule has 0 radical (unpaired) electrons. The molecule has 1 amide bonds. The zero-order chi connectivity index (χ0) is 28.5. The van der Waals surface area contributed by atoms with Crippen molar-refractivity contribution < 1.29 is 22.7 Å². The minimum Gasteiger partial charge on any atom is -0.497 e. The van der Waals surface area contributed by atoms with Gasteiger partial charge in [0.2, 0.25) is 0 Å². The Morgan fingerprint density at radius 1 is 0.950 bits per heavy atom. The summed E-state index contributed by atoms with van der Waals surface area (Å²) < 4.78 is 40.1. The van der Waals surface area contributed by atoms with Gasteiger partial charge in [0.25, 0.3) is 15.9 Å². The minimum atomic E-state index is -4.16. The second kappa shape index (κ2) is 13.4. The van der Waals surface area contributed by atoms with Crippen LogP contribution in [0.25, 0.3) is 11.0 Å². The van der Waals surface area contributed by atoms with Crippen LogP contribution in [0.3, 0.4) is 0 Å². The van der Waals surface area contributed by atoms with E-state index in [1.54, 1.807) is 48.5 Å². The number of benzene rings is 3. The third kappa shape index (κ3) is 7.38. The predicted octanol–water partition coefficient (Wildman–Crippen LogP) is 5.38. The van der Waals surface area contributed by atoms with Crippen molar-refractivity contribution in [3.63, 3.8) is 0 Å². The average Bonchev–Trinajstić information content (AvgIpc) is 2.96. The molecular formula is C28H30ClN5O5S. The van der Waals surface area contributed by atoms with E-state index in [1.165, 1.54) is 25.3 Å². The van der Waals surface area contributed by atoms with Crippen LogP contribution in [0.5, 0.6) is 5.75 Å². The van der Waals surface area contributed by atoms with Crippen LogP contribution < -0.4 is 20.1 Å². The molecule has 3 aromatic carbocycles. The third-order valence-corrected chi connectivity index (χ3v) is 7.40. The van der Waals surface area contributed by atoms with Crippen molar-refractivity contribution in [3.05, 3.63) is 77.3 Å². The maximum atomic E-state index is 13.4. The molecule has 0 aliphatic heterocycles. The molecule has 1 aromatic heterocycles. The zero-order valence-electron chi connectivity index (χ0n) is 22.1. The van der Waals surface area contributed by atoms with E-state index in [2.05, 4.69) is 25.3 Å². The Balaban J connectivity index is 1.59. The lowest BCUT2D eigenvalue weighted by molar-refractivity contribution is 0.0941. The van der Waals surface area contributed by atoms with Gasteiger partial charge in [-0.15, -0.1) is 0 Å². The molecule has 0 atom stereocenters. The first-order chi connectivity index (χ1) is 19.3. The molecule has 3 N–H and O–H groups in total. The van der Waals surface area contributed by atoms with Crippen LogP contribution >= 0.6 is 11.6 Å². The molecule has 0 fully saturated rings. The molecule has 4 aromatic rings. The lowest BCUT2D eigenvalue weighted by atomic mass is 10.2. The molecule has 12 heteroatoms. The van der Waals surface area contributed by atoms with Crippen LogP contribution in [0.4, 0.5) is 17.3 Å². The van der Waals surface area contributed by atoms with Gasteiger partial charge in [-0.3, -0.25) is 9.52 Å². The second-order valence-electron chi connectivity index (χ2n) is 8.74. The van der Waals surface area contributed by atoms with E-state index in [1.807, 2.05) is 6.92 Å². The van der Waals surface area contributed by atoms with E-state index in [0.29, 0.717) is 53.7 Å². The van der Waals surface area contributed by atoms with Gasteiger partial charge < -0.3 is 20.1 Å². The molecule has 10 nitrogen and oxygen atoms in total. The Kier molecular flexibility index (Phi) is 9.75. The average molecular weight is 584 g/mol. The molecule has 1 heterocycles. The number of methoxy groups -OCH3 is 1. The number of aromatic nitrogens is 2. The summed E-state index contributed by atoms with van der Waals surface area (Å²) >= 11 is 6.37. The number of halogens is 1. The standard InChI is InChI=1S/C28H30ClN5O5S/c1-3-15-39-16-7-14-30-28(35)19-8-6-9-21(17-19)40(36,37)34-27-26(31-23-10-4-5-11-24(23)32-27)33-25-18-20(38-2)12-13-22(25)29/h4-6,8-13,17-18H,3,7,14-16H2,1-2H3,(H,30,35)(H,31,33)(H,32,34). The molecule has 0 saturated carbocycles. The van der Waals surface area contributed by atoms with Gasteiger partial charge in [0.15, 0.2) is 11.6 Å². The van der Waals surface area contributed by atoms with E-state index in [0.717, 1.165) is 6.42 Å². The highest BCUT2D eigenvalue weighted by Gasteiger charge is 2.21. The molecule has 0 aliphatic rings. The van der Waals surface area contributed by atoms with Crippen LogP contribution in [0.2, 0.25) is 5.02 Å². The monoisotopic (exact) mass is 583 g/mol. The Morgan fingerprint density at radius 3 is 2.42 bits per heavy atom. The van der Waals surface area contributed by atoms with Crippen LogP contribution in [-0.2, 0) is 14.8 Å². The molecule has 40 heavy (non-hydrogen) atoms. The fraction of sp³-hybridized carbons (Fsp3) is 0.250. The summed E-state index contributed by atoms with van der Waals surface area (Å²) in [6, 6.07) is 17.8. The molecule has 0 spiro atoms. The Hall–Kier alpha value is -3.93. The van der Waals surface area contributed by atoms with E-state index >= 15 is 0 Å². The first kappa shape index (κ1) is 29.1. The zero-order valence-corrected chi connectivity index (χ0v) is 23.7. The van der Waals surface area contributed by atoms with Gasteiger partial charge in [-0.1, -0.05) is 36.7 Å². The topological polar surface area (TPSA) is 132 Å². The number of para-hydroxylation sites is 2. The highest BCUT2D eigenvalue weighted by Crippen LogP contribution is 2.32. The number of ether oxygens (including phenoxy) is 2. The first-order valence-corrected chi connectivity index (χ1v) is 14.5. The third-order valence-electron chi connectivity index (χ3n) is 5.73. The summed E-state index contributed by atoms with van der Waals surface area (Å²) in [6.45, 7) is 3.65. The van der Waals surface area contributed by atoms with Gasteiger partial charge in [-0.25, -0.2) is 18.4 Å². The van der Waals surface area contributed by atoms with Crippen molar-refractivity contribution in [1.82, 2.24) is 15.3 Å². The Morgan fingerprint density at radius 2 is 1.70 bits per heavy atom. The van der Waals surface area contributed by atoms with E-state index in [4.69, 9.17) is 21.1 Å². The van der Waals surface area contributed by atoms with E-state index < -0.39 is 10.0 Å². The van der Waals surface area contributed by atoms with Crippen LogP contribution in [0, 0.1) is 0 Å². The summed E-state index contributed by atoms with van der Waals surface area (Å²) in [5.74, 6) is 0.260. The van der Waals surface area contributed by atoms with Crippen molar-refractivity contribution in [1.29, 1.82) is 0 Å². The van der Waals surface area contributed by atoms with Crippen LogP contribution in [0.15, 0.2) is 71.6 Å². The number of carbonyl (C=O) groups excluding carboxylic acids is 1. The number of amides is 1. The minimum absolute atomic E-state index is 0.0421. The van der Waals surface area contributed by atoms with Gasteiger partial charge >= 0.3 is 0 Å². The fourth-order valence-corrected chi connectivity index (χ4v) is 4.95. The Bertz CT molecular complexity index is 1600. The van der Waals surface area contributed by atoms with E-state index in [-0.39, 0.29) is 28.0 Å². The molecular weight excluding hydrogens is 554 g/mol. The lowest BCUT2D eigenvalue weighted by Crippen LogP contribution is -2.25. The fourth-order valence-electron chi connectivity index (χ4n) is 3.73. The SMILES string of the molecule is CCCOCCCNC(=O)c1cccc(S(=O)(=O)Nc2nc3ccccc3nc2Nc2cc(OC)ccc2Cl)c1. The normalized spacial score (nSPS) is 11.3. The maximum Gasteiger partial charge on any atom is 0.263 e. The number of nitrogens with zero attached hydrogens (tertiary/aromatic N) is 2. The van der Waals surface area contributed by atoms with Gasteiger partial charge in [0, 0.05) is 31.4 Å². The van der Waals surface area contributed by atoms with Crippen molar-refractivity contribution in [2.45, 2.75) is 24.7 Å². The summed E-state index contributed by atoms with van der Waals surface area (Å²) in [5, 5.41) is 6.23. The summed E-state index contributed by atoms with van der Waals surface area (Å²) in [5.41, 5.74) is 1.69. The number of hydrogen-bond donors (Lipinski definition) is 3. The van der Waals surface area contributed by atoms with Gasteiger partial charge in [0.05, 0.1) is 33.7 Å². The van der Waals surface area contributed by atoms with Crippen molar-refractivity contribution in [2.24, 2.45) is 0 Å². The maximum absolute atomic E-state index is 13.4. The number of anilines is 3. The van der Waals surface area contributed by atoms with Gasteiger partial charge in [0.1, 0.15) is 5.75 Å². The molecule has 210 valence electrons. The largest absolute Gasteiger partial charge is 0.497 e. The molecule has 0 bridgehead atoms. The number of nitrogens with one attached hydrogen (secondary N) is 3. The summed E-state index contributed by atoms with van der Waals surface area (Å²) in [6.07, 6.45) is 1.58. The molecule has 0 saturated heterocycles. The second-order valence-corrected chi connectivity index (χ2v) is 10.8. The van der Waals surface area contributed by atoms with Gasteiger partial charge in [-0.05, 0) is 55.3 Å². The molecule has 0 aliphatic carbocycles. The van der Waals surface area contributed by atoms with E-state index in [9.17, 15) is 13.2 Å². The molecule has 0 unspecified atom stereocenters. The van der Waals surface area contributed by atoms with Gasteiger partial charge in [-0.2, -0.15) is 0 Å². The number of hydrogen-bond acceptors (Lipinski definition) is 8.